The molecular weight excluding hydrogens is 398 g/mol. The molecule has 9 heteroatoms. The van der Waals surface area contributed by atoms with Crippen LogP contribution < -0.4 is 4.87 Å². The van der Waals surface area contributed by atoms with E-state index in [1.54, 1.807) is 22.8 Å². The molecule has 1 amide bonds. The lowest BCUT2D eigenvalue weighted by molar-refractivity contribution is -0.135. The van der Waals surface area contributed by atoms with Crippen LogP contribution in [-0.2, 0) is 21.4 Å². The molecule has 2 aromatic rings. The Morgan fingerprint density at radius 1 is 1.14 bits per heavy atom. The van der Waals surface area contributed by atoms with Crippen LogP contribution in [-0.4, -0.2) is 54.3 Å². The van der Waals surface area contributed by atoms with Gasteiger partial charge < -0.3 is 4.90 Å². The Bertz CT molecular complexity index is 1040. The summed E-state index contributed by atoms with van der Waals surface area (Å²) in [5.41, 5.74) is 0.770. The largest absolute Gasteiger partial charge is 0.342 e. The lowest BCUT2D eigenvalue weighted by Crippen LogP contribution is -2.43. The van der Waals surface area contributed by atoms with Crippen molar-refractivity contribution in [2.75, 3.05) is 26.2 Å². The Morgan fingerprint density at radius 3 is 2.46 bits per heavy atom. The predicted molar refractivity (Wildman–Crippen MR) is 109 cm³/mol. The molecule has 0 bridgehead atoms. The van der Waals surface area contributed by atoms with Crippen LogP contribution in [0, 0.1) is 5.92 Å². The fraction of sp³-hybridized carbons (Fsp3) is 0.579. The lowest BCUT2D eigenvalue weighted by atomic mass is 9.97. The molecule has 0 saturated carbocycles. The van der Waals surface area contributed by atoms with Crippen LogP contribution in [0.4, 0.5) is 0 Å². The normalized spacial score (nSPS) is 19.5. The zero-order valence-electron chi connectivity index (χ0n) is 16.0. The average Bonchev–Trinajstić information content (AvgIpc) is 3.34. The van der Waals surface area contributed by atoms with Crippen molar-refractivity contribution in [2.24, 2.45) is 5.92 Å². The van der Waals surface area contributed by atoms with E-state index in [0.717, 1.165) is 42.8 Å². The van der Waals surface area contributed by atoms with Crippen molar-refractivity contribution in [1.82, 2.24) is 13.8 Å². The first-order valence-corrected chi connectivity index (χ1v) is 12.1. The van der Waals surface area contributed by atoms with Crippen molar-refractivity contribution in [3.05, 3.63) is 27.9 Å². The second-order valence-corrected chi connectivity index (χ2v) is 10.4. The van der Waals surface area contributed by atoms with E-state index < -0.39 is 10.0 Å². The molecule has 152 valence electrons. The highest BCUT2D eigenvalue weighted by atomic mass is 32.2. The first-order chi connectivity index (χ1) is 13.4. The number of hydrogen-bond donors (Lipinski definition) is 0. The van der Waals surface area contributed by atoms with E-state index in [4.69, 9.17) is 0 Å². The van der Waals surface area contributed by atoms with Crippen LogP contribution in [0.5, 0.6) is 0 Å². The second-order valence-electron chi connectivity index (χ2n) is 7.45. The molecule has 0 radical (unpaired) electrons. The van der Waals surface area contributed by atoms with E-state index in [2.05, 4.69) is 0 Å². The van der Waals surface area contributed by atoms with Crippen molar-refractivity contribution in [3.63, 3.8) is 0 Å². The van der Waals surface area contributed by atoms with Gasteiger partial charge in [-0.25, -0.2) is 8.42 Å². The molecule has 2 fully saturated rings. The summed E-state index contributed by atoms with van der Waals surface area (Å²) in [4.78, 5) is 26.7. The van der Waals surface area contributed by atoms with Gasteiger partial charge in [0.1, 0.15) is 0 Å². The first kappa shape index (κ1) is 19.6. The van der Waals surface area contributed by atoms with E-state index in [9.17, 15) is 18.0 Å². The number of thiazole rings is 1. The van der Waals surface area contributed by atoms with Crippen molar-refractivity contribution in [2.45, 2.75) is 44.0 Å². The zero-order chi connectivity index (χ0) is 19.9. The minimum Gasteiger partial charge on any atom is -0.342 e. The third-order valence-corrected chi connectivity index (χ3v) is 8.65. The summed E-state index contributed by atoms with van der Waals surface area (Å²) in [5.74, 6) is 0.109. The van der Waals surface area contributed by atoms with Gasteiger partial charge in [0.05, 0.1) is 15.1 Å². The van der Waals surface area contributed by atoms with Gasteiger partial charge in [-0.3, -0.25) is 14.2 Å². The maximum absolute atomic E-state index is 13.1. The summed E-state index contributed by atoms with van der Waals surface area (Å²) in [7, 11) is -3.63. The zero-order valence-corrected chi connectivity index (χ0v) is 17.6. The van der Waals surface area contributed by atoms with Gasteiger partial charge in [0.25, 0.3) is 0 Å². The quantitative estimate of drug-likeness (QED) is 0.754. The number of aromatic nitrogens is 1. The van der Waals surface area contributed by atoms with Crippen LogP contribution in [0.1, 0.15) is 32.6 Å². The summed E-state index contributed by atoms with van der Waals surface area (Å²) in [6.45, 7) is 4.83. The SMILES string of the molecule is CCn1c(=O)sc2cc(S(=O)(=O)N3CCC(C(=O)N4CCCC4)CC3)ccc21. The number of hydrogen-bond acceptors (Lipinski definition) is 5. The fourth-order valence-corrected chi connectivity index (χ4v) is 6.76. The summed E-state index contributed by atoms with van der Waals surface area (Å²) < 4.78 is 30.0. The fourth-order valence-electron chi connectivity index (χ4n) is 4.19. The molecule has 0 unspecified atom stereocenters. The van der Waals surface area contributed by atoms with Crippen LogP contribution in [0.2, 0.25) is 0 Å². The standard InChI is InChI=1S/C19H25N3O4S2/c1-2-22-16-6-5-15(13-17(16)27-19(22)24)28(25,26)21-11-7-14(8-12-21)18(23)20-9-3-4-10-20/h5-6,13-14H,2-4,7-12H2,1H3. The van der Waals surface area contributed by atoms with Crippen molar-refractivity contribution in [1.29, 1.82) is 0 Å². The van der Waals surface area contributed by atoms with E-state index in [1.807, 2.05) is 11.8 Å². The molecule has 0 spiro atoms. The Balaban J connectivity index is 1.50. The number of carbonyl (C=O) groups excluding carboxylic acids is 1. The number of fused-ring (bicyclic) bond motifs is 1. The topological polar surface area (TPSA) is 79.7 Å². The highest BCUT2D eigenvalue weighted by Gasteiger charge is 2.34. The number of rotatable bonds is 4. The van der Waals surface area contributed by atoms with Crippen molar-refractivity contribution < 1.29 is 13.2 Å². The third kappa shape index (κ3) is 3.40. The van der Waals surface area contributed by atoms with E-state index >= 15 is 0 Å². The minimum atomic E-state index is -3.63. The van der Waals surface area contributed by atoms with Gasteiger partial charge in [-0.05, 0) is 50.8 Å². The number of nitrogens with zero attached hydrogens (tertiary/aromatic N) is 3. The maximum Gasteiger partial charge on any atom is 0.308 e. The lowest BCUT2D eigenvalue weighted by Gasteiger charge is -2.32. The second kappa shape index (κ2) is 7.61. The highest BCUT2D eigenvalue weighted by Crippen LogP contribution is 2.28. The number of benzene rings is 1. The molecule has 0 aliphatic carbocycles. The Morgan fingerprint density at radius 2 is 1.82 bits per heavy atom. The summed E-state index contributed by atoms with van der Waals surface area (Å²) in [5, 5.41) is 0. The number of amides is 1. The van der Waals surface area contributed by atoms with E-state index in [-0.39, 0.29) is 21.6 Å². The third-order valence-electron chi connectivity index (χ3n) is 5.81. The van der Waals surface area contributed by atoms with Gasteiger partial charge in [0, 0.05) is 38.6 Å². The molecule has 1 aromatic heterocycles. The molecule has 0 N–H and O–H groups in total. The summed E-state index contributed by atoms with van der Waals surface area (Å²) in [6.07, 6.45) is 3.26. The van der Waals surface area contributed by atoms with Crippen LogP contribution in [0.15, 0.2) is 27.9 Å². The molecule has 1 aromatic carbocycles. The van der Waals surface area contributed by atoms with Gasteiger partial charge in [0.2, 0.25) is 15.9 Å². The smallest absolute Gasteiger partial charge is 0.308 e. The van der Waals surface area contributed by atoms with Crippen molar-refractivity contribution >= 4 is 37.5 Å². The molecule has 2 aliphatic heterocycles. The number of sulfonamides is 1. The molecule has 4 rings (SSSR count). The molecule has 2 saturated heterocycles. The molecule has 28 heavy (non-hydrogen) atoms. The highest BCUT2D eigenvalue weighted by molar-refractivity contribution is 7.89. The first-order valence-electron chi connectivity index (χ1n) is 9.84. The summed E-state index contributed by atoms with van der Waals surface area (Å²) in [6, 6.07) is 4.90. The van der Waals surface area contributed by atoms with Crippen LogP contribution in [0.3, 0.4) is 0 Å². The Labute approximate surface area is 168 Å². The van der Waals surface area contributed by atoms with Gasteiger partial charge >= 0.3 is 4.87 Å². The number of piperidine rings is 1. The summed E-state index contributed by atoms with van der Waals surface area (Å²) >= 11 is 1.07. The maximum atomic E-state index is 13.1. The molecule has 2 aliphatic rings. The van der Waals surface area contributed by atoms with E-state index in [0.29, 0.717) is 37.2 Å². The van der Waals surface area contributed by atoms with Gasteiger partial charge in [-0.1, -0.05) is 11.3 Å². The van der Waals surface area contributed by atoms with Crippen LogP contribution in [0.25, 0.3) is 10.2 Å². The monoisotopic (exact) mass is 423 g/mol. The molecule has 7 nitrogen and oxygen atoms in total. The number of carbonyl (C=O) groups is 1. The predicted octanol–water partition coefficient (Wildman–Crippen LogP) is 2.11. The molecular formula is C19H25N3O4S2. The average molecular weight is 424 g/mol. The van der Waals surface area contributed by atoms with Gasteiger partial charge in [-0.2, -0.15) is 4.31 Å². The van der Waals surface area contributed by atoms with E-state index in [1.165, 1.54) is 4.31 Å². The van der Waals surface area contributed by atoms with Crippen molar-refractivity contribution in [3.8, 4) is 0 Å². The van der Waals surface area contributed by atoms with Crippen LogP contribution >= 0.6 is 11.3 Å². The Kier molecular flexibility index (Phi) is 5.32. The molecule has 0 atom stereocenters. The van der Waals surface area contributed by atoms with Gasteiger partial charge in [0.15, 0.2) is 0 Å². The number of likely N-dealkylation sites (tertiary alicyclic amines) is 1. The van der Waals surface area contributed by atoms with Gasteiger partial charge in [-0.15, -0.1) is 0 Å². The minimum absolute atomic E-state index is 0.0733. The molecule has 3 heterocycles. The number of aryl methyl sites for hydroxylation is 1. The Hall–Kier alpha value is -1.71.